The van der Waals surface area contributed by atoms with Crippen LogP contribution in [0.4, 0.5) is 0 Å². The van der Waals surface area contributed by atoms with Crippen molar-refractivity contribution in [1.82, 2.24) is 10.2 Å². The van der Waals surface area contributed by atoms with Gasteiger partial charge in [-0.15, -0.1) is 0 Å². The van der Waals surface area contributed by atoms with Crippen molar-refractivity contribution in [3.8, 4) is 0 Å². The lowest BCUT2D eigenvalue weighted by atomic mass is 10.0. The van der Waals surface area contributed by atoms with Crippen LogP contribution >= 0.6 is 0 Å². The van der Waals surface area contributed by atoms with Gasteiger partial charge in [-0.1, -0.05) is 72.8 Å². The minimum absolute atomic E-state index is 0.0205. The van der Waals surface area contributed by atoms with Gasteiger partial charge < -0.3 is 10.2 Å². The van der Waals surface area contributed by atoms with E-state index in [2.05, 4.69) is 29.6 Å². The first kappa shape index (κ1) is 19.6. The predicted octanol–water partition coefficient (Wildman–Crippen LogP) is 3.94. The Kier molecular flexibility index (Phi) is 6.43. The molecule has 0 heterocycles. The summed E-state index contributed by atoms with van der Waals surface area (Å²) in [4.78, 5) is 26.9. The molecule has 3 aromatic rings. The van der Waals surface area contributed by atoms with Crippen molar-refractivity contribution in [3.63, 3.8) is 0 Å². The van der Waals surface area contributed by atoms with E-state index in [0.29, 0.717) is 19.4 Å². The highest BCUT2D eigenvalue weighted by atomic mass is 16.2. The summed E-state index contributed by atoms with van der Waals surface area (Å²) >= 11 is 0. The first-order chi connectivity index (χ1) is 13.6. The summed E-state index contributed by atoms with van der Waals surface area (Å²) < 4.78 is 0. The van der Waals surface area contributed by atoms with Crippen LogP contribution < -0.4 is 5.32 Å². The van der Waals surface area contributed by atoms with Crippen molar-refractivity contribution in [1.29, 1.82) is 0 Å². The molecule has 0 aliphatic carbocycles. The highest BCUT2D eigenvalue weighted by molar-refractivity contribution is 5.88. The van der Waals surface area contributed by atoms with E-state index in [9.17, 15) is 9.59 Å². The number of fused-ring (bicyclic) bond motifs is 1. The summed E-state index contributed by atoms with van der Waals surface area (Å²) in [7, 11) is 1.60. The average Bonchev–Trinajstić information content (AvgIpc) is 2.75. The Bertz CT molecular complexity index is 948. The fourth-order valence-corrected chi connectivity index (χ4v) is 3.47. The van der Waals surface area contributed by atoms with Crippen molar-refractivity contribution in [2.24, 2.45) is 0 Å². The van der Waals surface area contributed by atoms with Crippen molar-refractivity contribution >= 4 is 22.6 Å². The van der Waals surface area contributed by atoms with Gasteiger partial charge in [-0.3, -0.25) is 9.59 Å². The number of hydrogen-bond acceptors (Lipinski definition) is 2. The summed E-state index contributed by atoms with van der Waals surface area (Å²) in [6, 6.07) is 23.6. The Balaban J connectivity index is 1.77. The van der Waals surface area contributed by atoms with E-state index in [4.69, 9.17) is 0 Å². The number of aryl methyl sites for hydroxylation is 1. The van der Waals surface area contributed by atoms with Crippen molar-refractivity contribution in [2.75, 3.05) is 7.05 Å². The zero-order valence-electron chi connectivity index (χ0n) is 16.4. The lowest BCUT2D eigenvalue weighted by molar-refractivity contribution is -0.140. The number of nitrogens with one attached hydrogen (secondary N) is 1. The van der Waals surface area contributed by atoms with Crippen LogP contribution in [0.5, 0.6) is 0 Å². The van der Waals surface area contributed by atoms with Crippen LogP contribution in [0.3, 0.4) is 0 Å². The minimum atomic E-state index is -0.523. The molecule has 0 bridgehead atoms. The Morgan fingerprint density at radius 3 is 2.36 bits per heavy atom. The van der Waals surface area contributed by atoms with Gasteiger partial charge in [0.1, 0.15) is 6.04 Å². The van der Waals surface area contributed by atoms with Gasteiger partial charge in [0.2, 0.25) is 11.8 Å². The van der Waals surface area contributed by atoms with Crippen LogP contribution in [-0.4, -0.2) is 29.8 Å². The third-order valence-corrected chi connectivity index (χ3v) is 5.10. The van der Waals surface area contributed by atoms with Crippen LogP contribution in [0.1, 0.15) is 24.5 Å². The molecular weight excluding hydrogens is 348 g/mol. The predicted molar refractivity (Wildman–Crippen MR) is 113 cm³/mol. The van der Waals surface area contributed by atoms with Crippen LogP contribution in [-0.2, 0) is 22.6 Å². The molecular formula is C24H26N2O2. The van der Waals surface area contributed by atoms with E-state index in [1.807, 2.05) is 48.5 Å². The molecule has 144 valence electrons. The topological polar surface area (TPSA) is 49.4 Å². The maximum absolute atomic E-state index is 13.1. The lowest BCUT2D eigenvalue weighted by Gasteiger charge is -2.28. The van der Waals surface area contributed by atoms with Crippen molar-refractivity contribution in [2.45, 2.75) is 32.4 Å². The van der Waals surface area contributed by atoms with Gasteiger partial charge >= 0.3 is 0 Å². The SMILES string of the molecule is CNC(=O)[C@H](C)N(Cc1ccccc1)C(=O)CCc1cccc2ccccc12. The van der Waals surface area contributed by atoms with Crippen molar-refractivity contribution < 1.29 is 9.59 Å². The van der Waals surface area contributed by atoms with Gasteiger partial charge in [0, 0.05) is 20.0 Å². The monoisotopic (exact) mass is 374 g/mol. The Labute approximate surface area is 166 Å². The summed E-state index contributed by atoms with van der Waals surface area (Å²) in [5, 5.41) is 5.00. The second-order valence-electron chi connectivity index (χ2n) is 6.94. The Morgan fingerprint density at radius 1 is 0.929 bits per heavy atom. The van der Waals surface area contributed by atoms with Gasteiger partial charge in [0.15, 0.2) is 0 Å². The smallest absolute Gasteiger partial charge is 0.242 e. The molecule has 3 rings (SSSR count). The molecule has 0 unspecified atom stereocenters. The fourth-order valence-electron chi connectivity index (χ4n) is 3.47. The minimum Gasteiger partial charge on any atom is -0.357 e. The van der Waals surface area contributed by atoms with E-state index in [0.717, 1.165) is 11.1 Å². The second kappa shape index (κ2) is 9.18. The molecule has 3 aromatic carbocycles. The summed E-state index contributed by atoms with van der Waals surface area (Å²) in [6.45, 7) is 2.20. The standard InChI is InChI=1S/C24H26N2O2/c1-18(24(28)25-2)26(17-19-9-4-3-5-10-19)23(27)16-15-21-13-8-12-20-11-6-7-14-22(20)21/h3-14,18H,15-17H2,1-2H3,(H,25,28)/t18-/m0/s1. The molecule has 28 heavy (non-hydrogen) atoms. The molecule has 0 aromatic heterocycles. The van der Waals surface area contributed by atoms with Crippen LogP contribution in [0.25, 0.3) is 10.8 Å². The molecule has 1 atom stereocenters. The molecule has 0 aliphatic rings. The summed E-state index contributed by atoms with van der Waals surface area (Å²) in [6.07, 6.45) is 1.01. The Morgan fingerprint density at radius 2 is 1.61 bits per heavy atom. The maximum atomic E-state index is 13.1. The molecule has 0 spiro atoms. The average molecular weight is 374 g/mol. The van der Waals surface area contributed by atoms with Gasteiger partial charge in [0.25, 0.3) is 0 Å². The number of amides is 2. The summed E-state index contributed by atoms with van der Waals surface area (Å²) in [5.74, 6) is -0.178. The molecule has 0 saturated carbocycles. The molecule has 2 amide bonds. The molecule has 0 fully saturated rings. The highest BCUT2D eigenvalue weighted by Gasteiger charge is 2.25. The number of benzene rings is 3. The molecule has 4 nitrogen and oxygen atoms in total. The lowest BCUT2D eigenvalue weighted by Crippen LogP contribution is -2.46. The third kappa shape index (κ3) is 4.58. The molecule has 4 heteroatoms. The largest absolute Gasteiger partial charge is 0.357 e. The number of likely N-dealkylation sites (N-methyl/N-ethyl adjacent to an activating group) is 1. The van der Waals surface area contributed by atoms with Gasteiger partial charge in [-0.25, -0.2) is 0 Å². The molecule has 1 N–H and O–H groups in total. The number of carbonyl (C=O) groups is 2. The zero-order valence-corrected chi connectivity index (χ0v) is 16.4. The van der Waals surface area contributed by atoms with Crippen LogP contribution in [0.2, 0.25) is 0 Å². The Hall–Kier alpha value is -3.14. The fraction of sp³-hybridized carbons (Fsp3) is 0.250. The molecule has 0 saturated heterocycles. The zero-order chi connectivity index (χ0) is 19.9. The van der Waals surface area contributed by atoms with E-state index >= 15 is 0 Å². The van der Waals surface area contributed by atoms with Crippen LogP contribution in [0, 0.1) is 0 Å². The maximum Gasteiger partial charge on any atom is 0.242 e. The van der Waals surface area contributed by atoms with Gasteiger partial charge in [-0.05, 0) is 35.2 Å². The first-order valence-corrected chi connectivity index (χ1v) is 9.62. The van der Waals surface area contributed by atoms with E-state index < -0.39 is 6.04 Å². The van der Waals surface area contributed by atoms with Crippen molar-refractivity contribution in [3.05, 3.63) is 83.9 Å². The molecule has 0 radical (unpaired) electrons. The normalized spacial score (nSPS) is 11.8. The van der Waals surface area contributed by atoms with Gasteiger partial charge in [-0.2, -0.15) is 0 Å². The van der Waals surface area contributed by atoms with E-state index in [-0.39, 0.29) is 11.8 Å². The third-order valence-electron chi connectivity index (χ3n) is 5.10. The number of hydrogen-bond donors (Lipinski definition) is 1. The number of carbonyl (C=O) groups excluding carboxylic acids is 2. The second-order valence-corrected chi connectivity index (χ2v) is 6.94. The number of rotatable bonds is 7. The number of nitrogens with zero attached hydrogens (tertiary/aromatic N) is 1. The molecule has 0 aliphatic heterocycles. The highest BCUT2D eigenvalue weighted by Crippen LogP contribution is 2.20. The van der Waals surface area contributed by atoms with E-state index in [1.165, 1.54) is 10.8 Å². The van der Waals surface area contributed by atoms with E-state index in [1.54, 1.807) is 18.9 Å². The van der Waals surface area contributed by atoms with Gasteiger partial charge in [0.05, 0.1) is 0 Å². The quantitative estimate of drug-likeness (QED) is 0.681. The summed E-state index contributed by atoms with van der Waals surface area (Å²) in [5.41, 5.74) is 2.16. The first-order valence-electron chi connectivity index (χ1n) is 9.62. The van der Waals surface area contributed by atoms with Crippen LogP contribution in [0.15, 0.2) is 72.8 Å².